The van der Waals surface area contributed by atoms with Gasteiger partial charge in [-0.05, 0) is 11.8 Å². The highest BCUT2D eigenvalue weighted by Gasteiger charge is 1.97. The van der Waals surface area contributed by atoms with E-state index in [0.717, 1.165) is 0 Å². The molecule has 0 aromatic carbocycles. The van der Waals surface area contributed by atoms with Crippen molar-refractivity contribution >= 4 is 0 Å². The minimum Gasteiger partial charge on any atom is -0.195 e. The van der Waals surface area contributed by atoms with E-state index in [4.69, 9.17) is 12.8 Å². The van der Waals surface area contributed by atoms with Crippen molar-refractivity contribution in [3.63, 3.8) is 0 Å². The van der Waals surface area contributed by atoms with Gasteiger partial charge in [-0.25, -0.2) is 0 Å². The Bertz CT molecular complexity index is 255. The Labute approximate surface area is 52.5 Å². The highest BCUT2D eigenvalue weighted by Crippen LogP contribution is 1.93. The first-order valence-electron chi connectivity index (χ1n) is 2.22. The molecular formula is C6H3N3. The van der Waals surface area contributed by atoms with Gasteiger partial charge in [0.2, 0.25) is 0 Å². The van der Waals surface area contributed by atoms with Crippen molar-refractivity contribution < 1.29 is 0 Å². The van der Waals surface area contributed by atoms with E-state index in [-0.39, 0.29) is 0 Å². The van der Waals surface area contributed by atoms with Crippen LogP contribution >= 0.6 is 0 Å². The van der Waals surface area contributed by atoms with Crippen molar-refractivity contribution in [1.29, 1.82) is 0 Å². The molecule has 0 amide bonds. The molecule has 1 aromatic heterocycles. The first-order valence-corrected chi connectivity index (χ1v) is 2.22. The quantitative estimate of drug-likeness (QED) is 0.477. The molecule has 42 valence electrons. The number of H-pyrrole nitrogens is 1. The SMILES string of the molecule is C#Cc1n[nH]nc1C#C. The molecule has 1 aromatic rings. The Hall–Kier alpha value is -1.74. The van der Waals surface area contributed by atoms with E-state index in [9.17, 15) is 0 Å². The Morgan fingerprint density at radius 2 is 1.56 bits per heavy atom. The molecule has 0 aliphatic heterocycles. The fourth-order valence-corrected chi connectivity index (χ4v) is 0.432. The third-order valence-electron chi connectivity index (χ3n) is 0.821. The number of aromatic nitrogens is 3. The Morgan fingerprint density at radius 1 is 1.11 bits per heavy atom. The Morgan fingerprint density at radius 3 is 1.89 bits per heavy atom. The lowest BCUT2D eigenvalue weighted by molar-refractivity contribution is 0.933. The molecule has 0 aliphatic carbocycles. The summed E-state index contributed by atoms with van der Waals surface area (Å²) in [6.07, 6.45) is 10.0. The number of rotatable bonds is 0. The van der Waals surface area contributed by atoms with Gasteiger partial charge in [0, 0.05) is 0 Å². The van der Waals surface area contributed by atoms with E-state index in [1.165, 1.54) is 0 Å². The standard InChI is InChI=1S/C6H3N3/c1-3-5-6(4-2)8-9-7-5/h1-2H,(H,7,8,9). The minimum absolute atomic E-state index is 0.387. The van der Waals surface area contributed by atoms with E-state index in [1.54, 1.807) is 0 Å². The predicted molar refractivity (Wildman–Crippen MR) is 32.3 cm³/mol. The zero-order valence-corrected chi connectivity index (χ0v) is 4.55. The summed E-state index contributed by atoms with van der Waals surface area (Å²) in [5.74, 6) is 4.56. The first-order chi connectivity index (χ1) is 4.38. The molecule has 0 fully saturated rings. The van der Waals surface area contributed by atoms with Gasteiger partial charge in [-0.3, -0.25) is 0 Å². The van der Waals surface area contributed by atoms with Gasteiger partial charge in [-0.15, -0.1) is 23.0 Å². The van der Waals surface area contributed by atoms with Gasteiger partial charge < -0.3 is 0 Å². The maximum atomic E-state index is 5.00. The van der Waals surface area contributed by atoms with Crippen LogP contribution in [0.3, 0.4) is 0 Å². The normalized spacial score (nSPS) is 7.78. The molecule has 1 rings (SSSR count). The summed E-state index contributed by atoms with van der Waals surface area (Å²) in [5.41, 5.74) is 0.773. The van der Waals surface area contributed by atoms with Gasteiger partial charge in [0.1, 0.15) is 0 Å². The first kappa shape index (κ1) is 5.40. The molecule has 9 heavy (non-hydrogen) atoms. The molecule has 0 bridgehead atoms. The number of nitrogens with zero attached hydrogens (tertiary/aromatic N) is 2. The van der Waals surface area contributed by atoms with Gasteiger partial charge in [0.25, 0.3) is 0 Å². The van der Waals surface area contributed by atoms with Crippen LogP contribution in [0.4, 0.5) is 0 Å². The molecule has 1 N–H and O–H groups in total. The van der Waals surface area contributed by atoms with Crippen molar-refractivity contribution in [2.75, 3.05) is 0 Å². The summed E-state index contributed by atoms with van der Waals surface area (Å²) in [4.78, 5) is 0. The molecule has 3 heteroatoms. The van der Waals surface area contributed by atoms with E-state index >= 15 is 0 Å². The van der Waals surface area contributed by atoms with Gasteiger partial charge in [-0.2, -0.15) is 5.21 Å². The third kappa shape index (κ3) is 0.756. The highest BCUT2D eigenvalue weighted by atomic mass is 15.3. The summed E-state index contributed by atoms with van der Waals surface area (Å²) in [7, 11) is 0. The molecule has 0 saturated heterocycles. The fourth-order valence-electron chi connectivity index (χ4n) is 0.432. The molecule has 0 spiro atoms. The van der Waals surface area contributed by atoms with Crippen molar-refractivity contribution in [2.45, 2.75) is 0 Å². The van der Waals surface area contributed by atoms with Gasteiger partial charge in [-0.1, -0.05) is 0 Å². The molecule has 1 heterocycles. The zero-order valence-electron chi connectivity index (χ0n) is 4.55. The lowest BCUT2D eigenvalue weighted by atomic mass is 10.3. The second-order valence-corrected chi connectivity index (χ2v) is 1.31. The van der Waals surface area contributed by atoms with Crippen molar-refractivity contribution in [1.82, 2.24) is 15.4 Å². The second kappa shape index (κ2) is 2.02. The largest absolute Gasteiger partial charge is 0.195 e. The highest BCUT2D eigenvalue weighted by molar-refractivity contribution is 5.37. The number of hydrogen-bond donors (Lipinski definition) is 1. The smallest absolute Gasteiger partial charge is 0.171 e. The van der Waals surface area contributed by atoms with Crippen molar-refractivity contribution in [3.8, 4) is 24.7 Å². The van der Waals surface area contributed by atoms with Crippen LogP contribution in [0.5, 0.6) is 0 Å². The van der Waals surface area contributed by atoms with Crippen LogP contribution in [0.2, 0.25) is 0 Å². The van der Waals surface area contributed by atoms with Crippen molar-refractivity contribution in [3.05, 3.63) is 11.4 Å². The van der Waals surface area contributed by atoms with Gasteiger partial charge in [0.15, 0.2) is 11.4 Å². The zero-order chi connectivity index (χ0) is 6.69. The number of aromatic amines is 1. The van der Waals surface area contributed by atoms with Crippen LogP contribution in [-0.4, -0.2) is 15.4 Å². The monoisotopic (exact) mass is 117 g/mol. The second-order valence-electron chi connectivity index (χ2n) is 1.31. The van der Waals surface area contributed by atoms with Crippen LogP contribution in [-0.2, 0) is 0 Å². The third-order valence-corrected chi connectivity index (χ3v) is 0.821. The minimum atomic E-state index is 0.387. The van der Waals surface area contributed by atoms with Crippen LogP contribution in [0.25, 0.3) is 0 Å². The maximum absolute atomic E-state index is 5.00. The fraction of sp³-hybridized carbons (Fsp3) is 0. The topological polar surface area (TPSA) is 41.6 Å². The number of hydrogen-bond acceptors (Lipinski definition) is 2. The maximum Gasteiger partial charge on any atom is 0.171 e. The van der Waals surface area contributed by atoms with E-state index in [2.05, 4.69) is 27.3 Å². The van der Waals surface area contributed by atoms with Crippen LogP contribution in [0.1, 0.15) is 11.4 Å². The van der Waals surface area contributed by atoms with Gasteiger partial charge >= 0.3 is 0 Å². The molecule has 0 saturated carbocycles. The van der Waals surface area contributed by atoms with E-state index in [0.29, 0.717) is 11.4 Å². The van der Waals surface area contributed by atoms with Crippen LogP contribution in [0.15, 0.2) is 0 Å². The van der Waals surface area contributed by atoms with Crippen LogP contribution < -0.4 is 0 Å². The van der Waals surface area contributed by atoms with Crippen LogP contribution in [0, 0.1) is 24.7 Å². The molecule has 0 aliphatic rings. The molecule has 0 unspecified atom stereocenters. The van der Waals surface area contributed by atoms with Gasteiger partial charge in [0.05, 0.1) is 0 Å². The number of nitrogens with one attached hydrogen (secondary N) is 1. The molecule has 3 nitrogen and oxygen atoms in total. The number of terminal acetylenes is 2. The average molecular weight is 117 g/mol. The summed E-state index contributed by atoms with van der Waals surface area (Å²) < 4.78 is 0. The lowest BCUT2D eigenvalue weighted by Gasteiger charge is -1.74. The summed E-state index contributed by atoms with van der Waals surface area (Å²) in [6.45, 7) is 0. The Kier molecular flexibility index (Phi) is 1.21. The predicted octanol–water partition coefficient (Wildman–Crippen LogP) is -0.233. The van der Waals surface area contributed by atoms with E-state index in [1.807, 2.05) is 0 Å². The molecule has 0 radical (unpaired) electrons. The summed E-state index contributed by atoms with van der Waals surface area (Å²) in [5, 5.41) is 9.50. The molecular weight excluding hydrogens is 114 g/mol. The Balaban J connectivity index is 3.22. The van der Waals surface area contributed by atoms with E-state index < -0.39 is 0 Å². The van der Waals surface area contributed by atoms with Crippen molar-refractivity contribution in [2.24, 2.45) is 0 Å². The molecule has 0 atom stereocenters. The average Bonchev–Trinajstić information content (AvgIpc) is 2.33. The summed E-state index contributed by atoms with van der Waals surface area (Å²) in [6, 6.07) is 0. The summed E-state index contributed by atoms with van der Waals surface area (Å²) >= 11 is 0. The lowest BCUT2D eigenvalue weighted by Crippen LogP contribution is -1.77.